The Morgan fingerprint density at radius 2 is 2.06 bits per heavy atom. The van der Waals surface area contributed by atoms with Gasteiger partial charge in [0.15, 0.2) is 0 Å². The number of rotatable bonds is 7. The molecule has 2 N–H and O–H groups in total. The number of hydrogen-bond donors (Lipinski definition) is 1. The van der Waals surface area contributed by atoms with Gasteiger partial charge in [0.05, 0.1) is 16.4 Å². The molecule has 1 unspecified atom stereocenters. The van der Waals surface area contributed by atoms with E-state index < -0.39 is 0 Å². The van der Waals surface area contributed by atoms with E-state index in [2.05, 4.69) is 46.7 Å². The van der Waals surface area contributed by atoms with Crippen molar-refractivity contribution in [1.82, 2.24) is 14.7 Å². The molecule has 0 fully saturated rings. The van der Waals surface area contributed by atoms with Crippen LogP contribution in [0.5, 0.6) is 0 Å². The lowest BCUT2D eigenvalue weighted by molar-refractivity contribution is 0.288. The molecule has 0 spiro atoms. The maximum absolute atomic E-state index is 6.26. The molecule has 1 rings (SSSR count). The normalized spacial score (nSPS) is 13.3. The van der Waals surface area contributed by atoms with Gasteiger partial charge >= 0.3 is 0 Å². The fourth-order valence-electron chi connectivity index (χ4n) is 1.99. The average molecular weight is 303 g/mol. The summed E-state index contributed by atoms with van der Waals surface area (Å²) in [5.41, 5.74) is 7.37. The minimum Gasteiger partial charge on any atom is -0.323 e. The second-order valence-corrected chi connectivity index (χ2v) is 4.97. The molecule has 1 aromatic heterocycles. The molecule has 5 heteroatoms. The van der Waals surface area contributed by atoms with Gasteiger partial charge in [-0.15, -0.1) is 0 Å². The molecular formula is C12H23BrN4. The van der Waals surface area contributed by atoms with E-state index in [1.165, 1.54) is 0 Å². The molecule has 0 bridgehead atoms. The van der Waals surface area contributed by atoms with Crippen LogP contribution >= 0.6 is 15.9 Å². The maximum atomic E-state index is 6.26. The van der Waals surface area contributed by atoms with E-state index in [0.29, 0.717) is 0 Å². The molecule has 0 aromatic carbocycles. The monoisotopic (exact) mass is 302 g/mol. The van der Waals surface area contributed by atoms with Crippen molar-refractivity contribution in [2.24, 2.45) is 5.73 Å². The zero-order valence-corrected chi connectivity index (χ0v) is 12.6. The second-order valence-electron chi connectivity index (χ2n) is 4.12. The topological polar surface area (TPSA) is 47.1 Å². The van der Waals surface area contributed by atoms with Gasteiger partial charge in [-0.25, -0.2) is 0 Å². The van der Waals surface area contributed by atoms with Crippen molar-refractivity contribution < 1.29 is 0 Å². The molecular weight excluding hydrogens is 280 g/mol. The largest absolute Gasteiger partial charge is 0.323 e. The zero-order chi connectivity index (χ0) is 12.8. The van der Waals surface area contributed by atoms with Gasteiger partial charge in [-0.1, -0.05) is 13.8 Å². The Morgan fingerprint density at radius 1 is 1.41 bits per heavy atom. The maximum Gasteiger partial charge on any atom is 0.0693 e. The Balaban J connectivity index is 2.62. The van der Waals surface area contributed by atoms with E-state index in [4.69, 9.17) is 5.73 Å². The molecule has 0 aliphatic rings. The molecule has 0 amide bonds. The second kappa shape index (κ2) is 7.13. The van der Waals surface area contributed by atoms with E-state index in [-0.39, 0.29) is 6.04 Å². The van der Waals surface area contributed by atoms with Crippen LogP contribution in [0.1, 0.15) is 38.9 Å². The Bertz CT molecular complexity index is 333. The molecule has 4 nitrogen and oxygen atoms in total. The summed E-state index contributed by atoms with van der Waals surface area (Å²) in [6, 6.07) is 0.0485. The van der Waals surface area contributed by atoms with Crippen LogP contribution in [0.4, 0.5) is 0 Å². The van der Waals surface area contributed by atoms with Gasteiger partial charge in [0.1, 0.15) is 0 Å². The summed E-state index contributed by atoms with van der Waals surface area (Å²) in [6.07, 6.45) is 2.79. The van der Waals surface area contributed by atoms with E-state index in [0.717, 1.165) is 42.8 Å². The van der Waals surface area contributed by atoms with Crippen molar-refractivity contribution in [3.05, 3.63) is 16.4 Å². The lowest BCUT2D eigenvalue weighted by Gasteiger charge is -2.21. The smallest absolute Gasteiger partial charge is 0.0693 e. The Hall–Kier alpha value is -0.390. The number of aryl methyl sites for hydroxylation is 1. The van der Waals surface area contributed by atoms with Crippen LogP contribution in [0.3, 0.4) is 0 Å². The highest BCUT2D eigenvalue weighted by Crippen LogP contribution is 2.23. The molecule has 1 heterocycles. The van der Waals surface area contributed by atoms with Crippen LogP contribution < -0.4 is 5.73 Å². The fourth-order valence-corrected chi connectivity index (χ4v) is 2.58. The third kappa shape index (κ3) is 3.79. The summed E-state index contributed by atoms with van der Waals surface area (Å²) in [7, 11) is 0. The van der Waals surface area contributed by atoms with E-state index in [1.54, 1.807) is 0 Å². The first-order valence-corrected chi connectivity index (χ1v) is 7.12. The van der Waals surface area contributed by atoms with Crippen molar-refractivity contribution in [1.29, 1.82) is 0 Å². The molecule has 1 aromatic rings. The highest BCUT2D eigenvalue weighted by atomic mass is 79.9. The Labute approximate surface area is 112 Å². The van der Waals surface area contributed by atoms with E-state index in [9.17, 15) is 0 Å². The Morgan fingerprint density at radius 3 is 2.59 bits per heavy atom. The summed E-state index contributed by atoms with van der Waals surface area (Å²) in [5, 5.41) is 4.30. The molecule has 0 saturated carbocycles. The van der Waals surface area contributed by atoms with Crippen molar-refractivity contribution >= 4 is 15.9 Å². The van der Waals surface area contributed by atoms with E-state index >= 15 is 0 Å². The van der Waals surface area contributed by atoms with Crippen molar-refractivity contribution in [2.75, 3.05) is 19.6 Å². The van der Waals surface area contributed by atoms with Crippen LogP contribution in [0.25, 0.3) is 0 Å². The van der Waals surface area contributed by atoms with Crippen LogP contribution in [-0.4, -0.2) is 34.3 Å². The van der Waals surface area contributed by atoms with Gasteiger partial charge in [0.25, 0.3) is 0 Å². The van der Waals surface area contributed by atoms with Crippen LogP contribution in [0.2, 0.25) is 0 Å². The van der Waals surface area contributed by atoms with Crippen LogP contribution in [0, 0.1) is 0 Å². The number of aromatic nitrogens is 2. The summed E-state index contributed by atoms with van der Waals surface area (Å²) in [5.74, 6) is 0. The molecule has 0 aliphatic carbocycles. The first-order chi connectivity index (χ1) is 8.13. The summed E-state index contributed by atoms with van der Waals surface area (Å²) in [6.45, 7) is 10.5. The first kappa shape index (κ1) is 14.7. The Kier molecular flexibility index (Phi) is 6.16. The zero-order valence-electron chi connectivity index (χ0n) is 11.0. The molecule has 0 aliphatic heterocycles. The summed E-state index contributed by atoms with van der Waals surface area (Å²) in [4.78, 5) is 2.39. The van der Waals surface area contributed by atoms with Gasteiger partial charge in [-0.2, -0.15) is 5.10 Å². The molecule has 17 heavy (non-hydrogen) atoms. The fraction of sp³-hybridized carbons (Fsp3) is 0.750. The number of halogens is 1. The standard InChI is InChI=1S/C12H23BrN4/c1-4-16(5-2)8-7-11(14)12-10(13)9-15-17(12)6-3/h9,11H,4-8,14H2,1-3H3. The quantitative estimate of drug-likeness (QED) is 0.841. The predicted octanol–water partition coefficient (Wildman–Crippen LogP) is 2.40. The number of nitrogens with two attached hydrogens (primary N) is 1. The van der Waals surface area contributed by atoms with Gasteiger partial charge in [-0.05, 0) is 48.9 Å². The highest BCUT2D eigenvalue weighted by Gasteiger charge is 2.16. The highest BCUT2D eigenvalue weighted by molar-refractivity contribution is 9.10. The lowest BCUT2D eigenvalue weighted by atomic mass is 10.1. The first-order valence-electron chi connectivity index (χ1n) is 6.33. The van der Waals surface area contributed by atoms with Gasteiger partial charge < -0.3 is 10.6 Å². The lowest BCUT2D eigenvalue weighted by Crippen LogP contribution is -2.28. The SMILES string of the molecule is CCN(CC)CCC(N)c1c(Br)cnn1CC. The molecule has 0 radical (unpaired) electrons. The van der Waals surface area contributed by atoms with E-state index in [1.807, 2.05) is 10.9 Å². The molecule has 0 saturated heterocycles. The van der Waals surface area contributed by atoms with Gasteiger partial charge in [0.2, 0.25) is 0 Å². The van der Waals surface area contributed by atoms with Crippen molar-refractivity contribution in [3.63, 3.8) is 0 Å². The third-order valence-corrected chi connectivity index (χ3v) is 3.75. The van der Waals surface area contributed by atoms with Crippen molar-refractivity contribution in [2.45, 2.75) is 39.8 Å². The molecule has 98 valence electrons. The summed E-state index contributed by atoms with van der Waals surface area (Å²) < 4.78 is 2.99. The summed E-state index contributed by atoms with van der Waals surface area (Å²) >= 11 is 3.52. The van der Waals surface area contributed by atoms with Crippen LogP contribution in [0.15, 0.2) is 10.7 Å². The number of hydrogen-bond acceptors (Lipinski definition) is 3. The van der Waals surface area contributed by atoms with Gasteiger partial charge in [0, 0.05) is 12.6 Å². The predicted molar refractivity (Wildman–Crippen MR) is 74.9 cm³/mol. The van der Waals surface area contributed by atoms with Crippen molar-refractivity contribution in [3.8, 4) is 0 Å². The number of nitrogens with zero attached hydrogens (tertiary/aromatic N) is 3. The minimum absolute atomic E-state index is 0.0485. The third-order valence-electron chi connectivity index (χ3n) is 3.13. The molecule has 1 atom stereocenters. The van der Waals surface area contributed by atoms with Crippen LogP contribution in [-0.2, 0) is 6.54 Å². The van der Waals surface area contributed by atoms with Gasteiger partial charge in [-0.3, -0.25) is 4.68 Å². The average Bonchev–Trinajstić information content (AvgIpc) is 2.71. The minimum atomic E-state index is 0.0485.